The maximum absolute atomic E-state index is 12.9. The monoisotopic (exact) mass is 364 g/mol. The molecule has 0 bridgehead atoms. The third-order valence-electron chi connectivity index (χ3n) is 3.93. The molecule has 8 heteroatoms. The van der Waals surface area contributed by atoms with E-state index in [2.05, 4.69) is 9.80 Å². The molecule has 2 aromatic rings. The highest BCUT2D eigenvalue weighted by Gasteiger charge is 2.17. The SMILES string of the molecule is Fc1ccc(CN2CCN(Cc3ccco3)CC2)cc1.O=C(O)C(=O)O. The van der Waals surface area contributed by atoms with Crippen LogP contribution in [0.3, 0.4) is 0 Å². The number of rotatable bonds is 4. The van der Waals surface area contributed by atoms with Gasteiger partial charge in [0.2, 0.25) is 0 Å². The van der Waals surface area contributed by atoms with Crippen LogP contribution in [0.1, 0.15) is 11.3 Å². The number of carboxylic acids is 2. The van der Waals surface area contributed by atoms with E-state index in [-0.39, 0.29) is 5.82 Å². The molecule has 2 N–H and O–H groups in total. The van der Waals surface area contributed by atoms with E-state index in [9.17, 15) is 4.39 Å². The number of halogens is 1. The molecule has 0 radical (unpaired) electrons. The predicted molar refractivity (Wildman–Crippen MR) is 90.9 cm³/mol. The molecule has 1 fully saturated rings. The van der Waals surface area contributed by atoms with Crippen LogP contribution in [-0.2, 0) is 22.7 Å². The molecule has 0 atom stereocenters. The van der Waals surface area contributed by atoms with Gasteiger partial charge in [0.25, 0.3) is 0 Å². The molecule has 7 nitrogen and oxygen atoms in total. The minimum atomic E-state index is -1.82. The average molecular weight is 364 g/mol. The van der Waals surface area contributed by atoms with Gasteiger partial charge < -0.3 is 14.6 Å². The van der Waals surface area contributed by atoms with Crippen molar-refractivity contribution >= 4 is 11.9 Å². The lowest BCUT2D eigenvalue weighted by Crippen LogP contribution is -2.45. The number of nitrogens with zero attached hydrogens (tertiary/aromatic N) is 2. The Morgan fingerprint density at radius 3 is 1.92 bits per heavy atom. The first kappa shape index (κ1) is 19.6. The fourth-order valence-electron chi connectivity index (χ4n) is 2.58. The average Bonchev–Trinajstić information content (AvgIpc) is 3.12. The molecule has 140 valence electrons. The van der Waals surface area contributed by atoms with Crippen molar-refractivity contribution in [3.8, 4) is 0 Å². The van der Waals surface area contributed by atoms with Crippen LogP contribution in [0.4, 0.5) is 4.39 Å². The molecule has 1 aliphatic rings. The van der Waals surface area contributed by atoms with Crippen LogP contribution in [0.15, 0.2) is 47.1 Å². The Kier molecular flexibility index (Phi) is 7.31. The van der Waals surface area contributed by atoms with Crippen LogP contribution in [0, 0.1) is 5.82 Å². The number of furan rings is 1. The molecule has 0 unspecified atom stereocenters. The first-order chi connectivity index (χ1) is 12.4. The summed E-state index contributed by atoms with van der Waals surface area (Å²) in [6, 6.07) is 10.7. The molecule has 1 aliphatic heterocycles. The predicted octanol–water partition coefficient (Wildman–Crippen LogP) is 1.89. The van der Waals surface area contributed by atoms with Crippen molar-refractivity contribution in [3.63, 3.8) is 0 Å². The van der Waals surface area contributed by atoms with E-state index >= 15 is 0 Å². The van der Waals surface area contributed by atoms with Gasteiger partial charge in [-0.2, -0.15) is 0 Å². The Hall–Kier alpha value is -2.71. The number of hydrogen-bond acceptors (Lipinski definition) is 5. The number of hydrogen-bond donors (Lipinski definition) is 2. The number of aliphatic carboxylic acids is 2. The second-order valence-electron chi connectivity index (χ2n) is 5.87. The van der Waals surface area contributed by atoms with Crippen LogP contribution in [-0.4, -0.2) is 58.1 Å². The Morgan fingerprint density at radius 1 is 0.923 bits per heavy atom. The summed E-state index contributed by atoms with van der Waals surface area (Å²) in [5, 5.41) is 14.8. The van der Waals surface area contributed by atoms with Gasteiger partial charge in [0.1, 0.15) is 11.6 Å². The summed E-state index contributed by atoms with van der Waals surface area (Å²) in [7, 11) is 0. The fraction of sp³-hybridized carbons (Fsp3) is 0.333. The smallest absolute Gasteiger partial charge is 0.414 e. The van der Waals surface area contributed by atoms with Crippen molar-refractivity contribution in [2.24, 2.45) is 0 Å². The summed E-state index contributed by atoms with van der Waals surface area (Å²) in [6.07, 6.45) is 1.72. The van der Waals surface area contributed by atoms with Crippen LogP contribution in [0.2, 0.25) is 0 Å². The molecule has 0 saturated carbocycles. The van der Waals surface area contributed by atoms with E-state index in [1.807, 2.05) is 24.3 Å². The van der Waals surface area contributed by atoms with Gasteiger partial charge in [-0.3, -0.25) is 9.80 Å². The molecular weight excluding hydrogens is 343 g/mol. The van der Waals surface area contributed by atoms with E-state index in [0.29, 0.717) is 0 Å². The van der Waals surface area contributed by atoms with Crippen molar-refractivity contribution in [3.05, 3.63) is 59.8 Å². The number of carboxylic acid groups (broad SMARTS) is 2. The zero-order chi connectivity index (χ0) is 18.9. The Balaban J connectivity index is 0.000000352. The van der Waals surface area contributed by atoms with Crippen LogP contribution < -0.4 is 0 Å². The number of carbonyl (C=O) groups is 2. The highest BCUT2D eigenvalue weighted by molar-refractivity contribution is 6.27. The van der Waals surface area contributed by atoms with Crippen molar-refractivity contribution in [2.45, 2.75) is 13.1 Å². The molecule has 0 amide bonds. The minimum absolute atomic E-state index is 0.169. The molecule has 0 spiro atoms. The second kappa shape index (κ2) is 9.69. The van der Waals surface area contributed by atoms with Gasteiger partial charge in [-0.1, -0.05) is 12.1 Å². The first-order valence-electron chi connectivity index (χ1n) is 8.12. The fourth-order valence-corrected chi connectivity index (χ4v) is 2.58. The highest BCUT2D eigenvalue weighted by atomic mass is 19.1. The molecular formula is C18H21FN2O5. The van der Waals surface area contributed by atoms with Crippen LogP contribution in [0.5, 0.6) is 0 Å². The Bertz CT molecular complexity index is 683. The highest BCUT2D eigenvalue weighted by Crippen LogP contribution is 2.12. The molecule has 1 aromatic heterocycles. The third-order valence-corrected chi connectivity index (χ3v) is 3.93. The van der Waals surface area contributed by atoms with Gasteiger partial charge >= 0.3 is 11.9 Å². The van der Waals surface area contributed by atoms with Gasteiger partial charge in [0.05, 0.1) is 12.8 Å². The molecule has 1 aromatic carbocycles. The van der Waals surface area contributed by atoms with Crippen LogP contribution >= 0.6 is 0 Å². The van der Waals surface area contributed by atoms with Crippen molar-refractivity contribution in [1.82, 2.24) is 9.80 Å². The zero-order valence-electron chi connectivity index (χ0n) is 14.2. The van der Waals surface area contributed by atoms with E-state index < -0.39 is 11.9 Å². The molecule has 2 heterocycles. The standard InChI is InChI=1S/C16H19FN2O.C2H2O4/c17-15-5-3-14(4-6-15)12-18-7-9-19(10-8-18)13-16-2-1-11-20-16;3-1(4)2(5)6/h1-6,11H,7-10,12-13H2;(H,3,4)(H,5,6). The van der Waals surface area contributed by atoms with Crippen LogP contribution in [0.25, 0.3) is 0 Å². The van der Waals surface area contributed by atoms with E-state index in [1.165, 1.54) is 17.7 Å². The number of benzene rings is 1. The Labute approximate surface area is 150 Å². The topological polar surface area (TPSA) is 94.2 Å². The lowest BCUT2D eigenvalue weighted by molar-refractivity contribution is -0.159. The largest absolute Gasteiger partial charge is 0.473 e. The quantitative estimate of drug-likeness (QED) is 0.800. The normalized spacial score (nSPS) is 15.1. The lowest BCUT2D eigenvalue weighted by atomic mass is 10.2. The summed E-state index contributed by atoms with van der Waals surface area (Å²) < 4.78 is 18.2. The van der Waals surface area contributed by atoms with Gasteiger partial charge in [-0.25, -0.2) is 14.0 Å². The van der Waals surface area contributed by atoms with E-state index in [1.54, 1.807) is 6.26 Å². The molecule has 0 aliphatic carbocycles. The van der Waals surface area contributed by atoms with Gasteiger partial charge in [-0.15, -0.1) is 0 Å². The van der Waals surface area contributed by atoms with Gasteiger partial charge in [0.15, 0.2) is 0 Å². The second-order valence-corrected chi connectivity index (χ2v) is 5.87. The summed E-state index contributed by atoms with van der Waals surface area (Å²) in [6.45, 7) is 5.95. The Morgan fingerprint density at radius 2 is 1.46 bits per heavy atom. The van der Waals surface area contributed by atoms with Gasteiger partial charge in [0, 0.05) is 32.7 Å². The molecule has 26 heavy (non-hydrogen) atoms. The maximum Gasteiger partial charge on any atom is 0.414 e. The zero-order valence-corrected chi connectivity index (χ0v) is 14.2. The van der Waals surface area contributed by atoms with Crippen molar-refractivity contribution in [1.29, 1.82) is 0 Å². The maximum atomic E-state index is 12.9. The number of piperazine rings is 1. The first-order valence-corrected chi connectivity index (χ1v) is 8.12. The molecule has 1 saturated heterocycles. The lowest BCUT2D eigenvalue weighted by Gasteiger charge is -2.34. The van der Waals surface area contributed by atoms with Crippen molar-refractivity contribution in [2.75, 3.05) is 26.2 Å². The summed E-state index contributed by atoms with van der Waals surface area (Å²) >= 11 is 0. The summed E-state index contributed by atoms with van der Waals surface area (Å²) in [5.41, 5.74) is 1.17. The molecule has 3 rings (SSSR count). The minimum Gasteiger partial charge on any atom is -0.473 e. The summed E-state index contributed by atoms with van der Waals surface area (Å²) in [5.74, 6) is -2.79. The third kappa shape index (κ3) is 6.66. The van der Waals surface area contributed by atoms with Gasteiger partial charge in [-0.05, 0) is 29.8 Å². The van der Waals surface area contributed by atoms with Crippen molar-refractivity contribution < 1.29 is 28.6 Å². The van der Waals surface area contributed by atoms with E-state index in [4.69, 9.17) is 24.2 Å². The summed E-state index contributed by atoms with van der Waals surface area (Å²) in [4.78, 5) is 23.0. The van der Waals surface area contributed by atoms with E-state index in [0.717, 1.165) is 45.0 Å².